The second-order valence-electron chi connectivity index (χ2n) is 3.22. The first-order chi connectivity index (χ1) is 5.18. The number of halogens is 1. The Bertz CT molecular complexity index is 211. The number of hydrogen-bond acceptors (Lipinski definition) is 0. The Labute approximate surface area is 82.2 Å². The second kappa shape index (κ2) is 4.10. The Morgan fingerprint density at radius 2 is 1.73 bits per heavy atom. The van der Waals surface area contributed by atoms with Gasteiger partial charge in [0, 0.05) is 3.57 Å². The molecule has 0 amide bonds. The molecule has 0 atom stereocenters. The number of benzene rings is 1. The minimum atomic E-state index is 0.759. The number of rotatable bonds is 2. The molecule has 0 nitrogen and oxygen atoms in total. The van der Waals surface area contributed by atoms with Gasteiger partial charge in [-0.3, -0.25) is 0 Å². The van der Waals surface area contributed by atoms with Gasteiger partial charge in [-0.15, -0.1) is 0 Å². The van der Waals surface area contributed by atoms with Gasteiger partial charge < -0.3 is 0 Å². The van der Waals surface area contributed by atoms with Gasteiger partial charge in [0.15, 0.2) is 0 Å². The van der Waals surface area contributed by atoms with Gasteiger partial charge in [-0.2, -0.15) is 0 Å². The maximum atomic E-state index is 2.33. The summed E-state index contributed by atoms with van der Waals surface area (Å²) in [6, 6.07) is 8.75. The molecular weight excluding hydrogens is 247 g/mol. The summed E-state index contributed by atoms with van der Waals surface area (Å²) in [6.45, 7) is 4.50. The molecule has 0 spiro atoms. The minimum Gasteiger partial charge on any atom is -0.0625 e. The average molecular weight is 260 g/mol. The highest BCUT2D eigenvalue weighted by Crippen LogP contribution is 2.10. The van der Waals surface area contributed by atoms with Crippen LogP contribution in [0.2, 0.25) is 0 Å². The van der Waals surface area contributed by atoms with Crippen molar-refractivity contribution in [2.75, 3.05) is 0 Å². The molecule has 0 fully saturated rings. The summed E-state index contributed by atoms with van der Waals surface area (Å²) in [5, 5.41) is 0. The average Bonchev–Trinajstić information content (AvgIpc) is 1.93. The minimum absolute atomic E-state index is 0.759. The molecule has 11 heavy (non-hydrogen) atoms. The maximum Gasteiger partial charge on any atom is 0.0130 e. The van der Waals surface area contributed by atoms with Crippen LogP contribution >= 0.6 is 22.6 Å². The summed E-state index contributed by atoms with van der Waals surface area (Å²) >= 11 is 2.33. The van der Waals surface area contributed by atoms with E-state index in [2.05, 4.69) is 60.7 Å². The first-order valence-corrected chi connectivity index (χ1v) is 5.01. The largest absolute Gasteiger partial charge is 0.0625 e. The zero-order chi connectivity index (χ0) is 8.27. The lowest BCUT2D eigenvalue weighted by atomic mass is 10.0. The molecule has 0 saturated heterocycles. The van der Waals surface area contributed by atoms with Crippen LogP contribution in [0.25, 0.3) is 0 Å². The summed E-state index contributed by atoms with van der Waals surface area (Å²) in [7, 11) is 0. The molecule has 0 aliphatic carbocycles. The Morgan fingerprint density at radius 3 is 2.18 bits per heavy atom. The lowest BCUT2D eigenvalue weighted by molar-refractivity contribution is 0.647. The van der Waals surface area contributed by atoms with Gasteiger partial charge in [0.1, 0.15) is 0 Å². The standard InChI is InChI=1S/C10H13I/c1-8(2)7-9-3-5-10(11)6-4-9/h3-6,8H,7H2,1-2H3. The molecule has 0 aliphatic rings. The van der Waals surface area contributed by atoms with Gasteiger partial charge in [-0.1, -0.05) is 26.0 Å². The molecule has 0 unspecified atom stereocenters. The van der Waals surface area contributed by atoms with E-state index in [0.717, 1.165) is 5.92 Å². The van der Waals surface area contributed by atoms with Crippen LogP contribution < -0.4 is 0 Å². The molecule has 0 aromatic heterocycles. The van der Waals surface area contributed by atoms with E-state index >= 15 is 0 Å². The van der Waals surface area contributed by atoms with Gasteiger partial charge in [0.2, 0.25) is 0 Å². The van der Waals surface area contributed by atoms with E-state index in [4.69, 9.17) is 0 Å². The quantitative estimate of drug-likeness (QED) is 0.714. The van der Waals surface area contributed by atoms with E-state index in [1.807, 2.05) is 0 Å². The Balaban J connectivity index is 2.66. The van der Waals surface area contributed by atoms with E-state index in [-0.39, 0.29) is 0 Å². The predicted molar refractivity (Wildman–Crippen MR) is 57.7 cm³/mol. The third-order valence-electron chi connectivity index (χ3n) is 1.56. The molecule has 1 aromatic rings. The third-order valence-corrected chi connectivity index (χ3v) is 2.28. The van der Waals surface area contributed by atoms with Crippen LogP contribution in [0.4, 0.5) is 0 Å². The molecule has 1 aromatic carbocycles. The van der Waals surface area contributed by atoms with E-state index in [1.54, 1.807) is 0 Å². The Kier molecular flexibility index (Phi) is 3.37. The van der Waals surface area contributed by atoms with Crippen LogP contribution in [0, 0.1) is 9.49 Å². The van der Waals surface area contributed by atoms with E-state index < -0.39 is 0 Å². The monoisotopic (exact) mass is 260 g/mol. The molecule has 1 rings (SSSR count). The highest BCUT2D eigenvalue weighted by Gasteiger charge is 1.95. The predicted octanol–water partition coefficient (Wildman–Crippen LogP) is 3.49. The van der Waals surface area contributed by atoms with Crippen molar-refractivity contribution in [3.8, 4) is 0 Å². The fourth-order valence-corrected chi connectivity index (χ4v) is 1.45. The van der Waals surface area contributed by atoms with Gasteiger partial charge >= 0.3 is 0 Å². The van der Waals surface area contributed by atoms with Gasteiger partial charge in [-0.05, 0) is 52.6 Å². The third kappa shape index (κ3) is 3.23. The molecule has 0 radical (unpaired) electrons. The zero-order valence-corrected chi connectivity index (χ0v) is 9.13. The summed E-state index contributed by atoms with van der Waals surface area (Å²) in [4.78, 5) is 0. The van der Waals surface area contributed by atoms with Gasteiger partial charge in [0.25, 0.3) is 0 Å². The Hall–Kier alpha value is -0.0500. The molecule has 0 saturated carbocycles. The van der Waals surface area contributed by atoms with Crippen LogP contribution in [0.1, 0.15) is 19.4 Å². The highest BCUT2D eigenvalue weighted by atomic mass is 127. The Morgan fingerprint density at radius 1 is 1.18 bits per heavy atom. The summed E-state index contributed by atoms with van der Waals surface area (Å²) in [5.41, 5.74) is 1.44. The van der Waals surface area contributed by atoms with Crippen molar-refractivity contribution in [3.63, 3.8) is 0 Å². The van der Waals surface area contributed by atoms with Crippen molar-refractivity contribution in [3.05, 3.63) is 33.4 Å². The van der Waals surface area contributed by atoms with Crippen LogP contribution in [-0.2, 0) is 6.42 Å². The molecule has 0 N–H and O–H groups in total. The molecule has 1 heteroatoms. The van der Waals surface area contributed by atoms with Crippen molar-refractivity contribution >= 4 is 22.6 Å². The maximum absolute atomic E-state index is 2.33. The van der Waals surface area contributed by atoms with Crippen LogP contribution in [-0.4, -0.2) is 0 Å². The van der Waals surface area contributed by atoms with E-state index in [0.29, 0.717) is 0 Å². The van der Waals surface area contributed by atoms with E-state index in [1.165, 1.54) is 15.6 Å². The first kappa shape index (κ1) is 9.04. The second-order valence-corrected chi connectivity index (χ2v) is 4.47. The SMILES string of the molecule is CC(C)Cc1ccc(I)cc1. The summed E-state index contributed by atoms with van der Waals surface area (Å²) in [5.74, 6) is 0.759. The van der Waals surface area contributed by atoms with Crippen molar-refractivity contribution < 1.29 is 0 Å². The normalized spacial score (nSPS) is 10.5. The first-order valence-electron chi connectivity index (χ1n) is 3.93. The topological polar surface area (TPSA) is 0 Å². The fourth-order valence-electron chi connectivity index (χ4n) is 1.09. The van der Waals surface area contributed by atoms with E-state index in [9.17, 15) is 0 Å². The lowest BCUT2D eigenvalue weighted by Crippen LogP contribution is -1.93. The van der Waals surface area contributed by atoms with Crippen molar-refractivity contribution in [1.82, 2.24) is 0 Å². The van der Waals surface area contributed by atoms with Crippen molar-refractivity contribution in [2.45, 2.75) is 20.3 Å². The lowest BCUT2D eigenvalue weighted by Gasteiger charge is -2.03. The summed E-state index contributed by atoms with van der Waals surface area (Å²) in [6.07, 6.45) is 1.19. The van der Waals surface area contributed by atoms with Gasteiger partial charge in [0.05, 0.1) is 0 Å². The van der Waals surface area contributed by atoms with Gasteiger partial charge in [-0.25, -0.2) is 0 Å². The zero-order valence-electron chi connectivity index (χ0n) is 6.97. The fraction of sp³-hybridized carbons (Fsp3) is 0.400. The van der Waals surface area contributed by atoms with Crippen molar-refractivity contribution in [1.29, 1.82) is 0 Å². The molecule has 0 heterocycles. The van der Waals surface area contributed by atoms with Crippen LogP contribution in [0.3, 0.4) is 0 Å². The smallest absolute Gasteiger partial charge is 0.0130 e. The molecule has 60 valence electrons. The van der Waals surface area contributed by atoms with Crippen molar-refractivity contribution in [2.24, 2.45) is 5.92 Å². The van der Waals surface area contributed by atoms with Crippen LogP contribution in [0.15, 0.2) is 24.3 Å². The summed E-state index contributed by atoms with van der Waals surface area (Å²) < 4.78 is 1.31. The molecule has 0 bridgehead atoms. The van der Waals surface area contributed by atoms with Crippen LogP contribution in [0.5, 0.6) is 0 Å². The highest BCUT2D eigenvalue weighted by molar-refractivity contribution is 14.1. The molecular formula is C10H13I. The molecule has 0 aliphatic heterocycles. The number of hydrogen-bond donors (Lipinski definition) is 0.